The maximum atomic E-state index is 12.3. The normalized spacial score (nSPS) is 25.6. The third-order valence-corrected chi connectivity index (χ3v) is 3.21. The number of halogens is 3. The lowest BCUT2D eigenvalue weighted by atomic mass is 10.0. The molecule has 5 heteroatoms. The van der Waals surface area contributed by atoms with Crippen LogP contribution in [0, 0.1) is 5.92 Å². The molecule has 0 aromatic heterocycles. The molecule has 18 heavy (non-hydrogen) atoms. The van der Waals surface area contributed by atoms with Gasteiger partial charge in [-0.2, -0.15) is 13.2 Å². The Morgan fingerprint density at radius 1 is 1.22 bits per heavy atom. The minimum atomic E-state index is -4.15. The van der Waals surface area contributed by atoms with Gasteiger partial charge in [0.15, 0.2) is 0 Å². The van der Waals surface area contributed by atoms with Crippen LogP contribution in [0.1, 0.15) is 18.4 Å². The molecule has 100 valence electrons. The van der Waals surface area contributed by atoms with Crippen molar-refractivity contribution in [3.8, 4) is 0 Å². The van der Waals surface area contributed by atoms with E-state index in [1.165, 1.54) is 0 Å². The number of aliphatic hydroxyl groups excluding tert-OH is 1. The van der Waals surface area contributed by atoms with Crippen molar-refractivity contribution in [2.75, 3.05) is 6.54 Å². The summed E-state index contributed by atoms with van der Waals surface area (Å²) in [6.07, 6.45) is -5.52. The van der Waals surface area contributed by atoms with Gasteiger partial charge in [0.2, 0.25) is 0 Å². The maximum absolute atomic E-state index is 12.3. The van der Waals surface area contributed by atoms with Crippen molar-refractivity contribution in [2.45, 2.75) is 31.8 Å². The molecule has 1 aliphatic rings. The van der Waals surface area contributed by atoms with Gasteiger partial charge in [-0.25, -0.2) is 0 Å². The first kappa shape index (κ1) is 13.4. The molecule has 1 N–H and O–H groups in total. The van der Waals surface area contributed by atoms with E-state index < -0.39 is 24.7 Å². The molecule has 1 aromatic rings. The molecule has 1 saturated heterocycles. The average molecular weight is 259 g/mol. The monoisotopic (exact) mass is 259 g/mol. The van der Waals surface area contributed by atoms with E-state index in [0.717, 1.165) is 5.56 Å². The summed E-state index contributed by atoms with van der Waals surface area (Å²) in [5.74, 6) is -0.497. The molecule has 0 aliphatic carbocycles. The van der Waals surface area contributed by atoms with Crippen molar-refractivity contribution in [1.82, 2.24) is 4.90 Å². The number of rotatable bonds is 3. The van der Waals surface area contributed by atoms with Crippen LogP contribution in [-0.2, 0) is 6.54 Å². The van der Waals surface area contributed by atoms with E-state index in [1.807, 2.05) is 30.3 Å². The smallest absolute Gasteiger partial charge is 0.378 e. The third kappa shape index (κ3) is 3.71. The van der Waals surface area contributed by atoms with Crippen LogP contribution in [0.15, 0.2) is 30.3 Å². The highest BCUT2D eigenvalue weighted by atomic mass is 19.4. The Labute approximate surface area is 104 Å². The van der Waals surface area contributed by atoms with Gasteiger partial charge in [-0.05, 0) is 17.9 Å². The molecule has 1 fully saturated rings. The third-order valence-electron chi connectivity index (χ3n) is 3.21. The van der Waals surface area contributed by atoms with Crippen LogP contribution in [0.2, 0.25) is 0 Å². The molecule has 0 radical (unpaired) electrons. The van der Waals surface area contributed by atoms with Crippen molar-refractivity contribution in [2.24, 2.45) is 5.92 Å². The largest absolute Gasteiger partial charge is 0.389 e. The molecule has 1 aliphatic heterocycles. The van der Waals surface area contributed by atoms with Crippen molar-refractivity contribution in [3.05, 3.63) is 35.9 Å². The molecule has 2 unspecified atom stereocenters. The number of likely N-dealkylation sites (tertiary alicyclic amines) is 1. The summed E-state index contributed by atoms with van der Waals surface area (Å²) in [6, 6.07) is 9.46. The minimum absolute atomic E-state index is 0.201. The van der Waals surface area contributed by atoms with Crippen LogP contribution in [0.3, 0.4) is 0 Å². The summed E-state index contributed by atoms with van der Waals surface area (Å²) in [7, 11) is 0. The standard InChI is InChI=1S/C13H16F3NO/c14-13(15,16)7-11-6-12(18)17(9-11)8-10-4-2-1-3-5-10/h1-5,11-12,18H,6-9H2. The molecule has 1 aromatic carbocycles. The second-order valence-electron chi connectivity index (χ2n) is 4.82. The van der Waals surface area contributed by atoms with E-state index in [0.29, 0.717) is 13.1 Å². The number of hydrogen-bond donors (Lipinski definition) is 1. The summed E-state index contributed by atoms with van der Waals surface area (Å²) < 4.78 is 36.9. The summed E-state index contributed by atoms with van der Waals surface area (Å²) in [6.45, 7) is 0.798. The van der Waals surface area contributed by atoms with Crippen LogP contribution in [0.5, 0.6) is 0 Å². The fourth-order valence-electron chi connectivity index (χ4n) is 2.44. The molecule has 2 nitrogen and oxygen atoms in total. The van der Waals surface area contributed by atoms with E-state index in [9.17, 15) is 18.3 Å². The first-order valence-electron chi connectivity index (χ1n) is 5.97. The Kier molecular flexibility index (Phi) is 3.92. The molecular formula is C13H16F3NO. The topological polar surface area (TPSA) is 23.5 Å². The lowest BCUT2D eigenvalue weighted by Gasteiger charge is -2.20. The van der Waals surface area contributed by atoms with Crippen LogP contribution < -0.4 is 0 Å². The van der Waals surface area contributed by atoms with E-state index in [4.69, 9.17) is 0 Å². The summed E-state index contributed by atoms with van der Waals surface area (Å²) >= 11 is 0. The predicted molar refractivity (Wildman–Crippen MR) is 61.6 cm³/mol. The quantitative estimate of drug-likeness (QED) is 0.902. The SMILES string of the molecule is OC1CC(CC(F)(F)F)CN1Cc1ccccc1. The average Bonchev–Trinajstić information content (AvgIpc) is 2.58. The molecule has 0 spiro atoms. The van der Waals surface area contributed by atoms with Crippen LogP contribution in [0.25, 0.3) is 0 Å². The van der Waals surface area contributed by atoms with Crippen LogP contribution >= 0.6 is 0 Å². The Morgan fingerprint density at radius 2 is 1.89 bits per heavy atom. The number of benzene rings is 1. The van der Waals surface area contributed by atoms with E-state index in [2.05, 4.69) is 0 Å². The van der Waals surface area contributed by atoms with Gasteiger partial charge in [-0.3, -0.25) is 4.90 Å². The fraction of sp³-hybridized carbons (Fsp3) is 0.538. The molecule has 2 atom stereocenters. The van der Waals surface area contributed by atoms with E-state index in [1.54, 1.807) is 4.90 Å². The fourth-order valence-corrected chi connectivity index (χ4v) is 2.44. The number of aliphatic hydroxyl groups is 1. The molecule has 0 amide bonds. The second kappa shape index (κ2) is 5.28. The first-order chi connectivity index (χ1) is 8.44. The summed E-state index contributed by atoms with van der Waals surface area (Å²) in [5.41, 5.74) is 1.00. The first-order valence-corrected chi connectivity index (χ1v) is 5.97. The van der Waals surface area contributed by atoms with E-state index in [-0.39, 0.29) is 6.42 Å². The van der Waals surface area contributed by atoms with Gasteiger partial charge in [-0.1, -0.05) is 30.3 Å². The van der Waals surface area contributed by atoms with Crippen LogP contribution in [0.4, 0.5) is 13.2 Å². The zero-order valence-electron chi connectivity index (χ0n) is 9.90. The lowest BCUT2D eigenvalue weighted by Crippen LogP contribution is -2.28. The van der Waals surface area contributed by atoms with Gasteiger partial charge in [0.25, 0.3) is 0 Å². The van der Waals surface area contributed by atoms with E-state index >= 15 is 0 Å². The van der Waals surface area contributed by atoms with Gasteiger partial charge >= 0.3 is 6.18 Å². The Hall–Kier alpha value is -1.07. The number of nitrogens with zero attached hydrogens (tertiary/aromatic N) is 1. The van der Waals surface area contributed by atoms with Gasteiger partial charge < -0.3 is 5.11 Å². The van der Waals surface area contributed by atoms with Crippen molar-refractivity contribution in [1.29, 1.82) is 0 Å². The Bertz CT molecular complexity index is 380. The Morgan fingerprint density at radius 3 is 2.50 bits per heavy atom. The molecule has 2 rings (SSSR count). The summed E-state index contributed by atoms with van der Waals surface area (Å²) in [5, 5.41) is 9.78. The number of hydrogen-bond acceptors (Lipinski definition) is 2. The molecule has 1 heterocycles. The lowest BCUT2D eigenvalue weighted by molar-refractivity contribution is -0.143. The van der Waals surface area contributed by atoms with Crippen molar-refractivity contribution < 1.29 is 18.3 Å². The van der Waals surface area contributed by atoms with Gasteiger partial charge in [-0.15, -0.1) is 0 Å². The molecular weight excluding hydrogens is 243 g/mol. The highest BCUT2D eigenvalue weighted by Gasteiger charge is 2.38. The molecule has 0 bridgehead atoms. The number of alkyl halides is 3. The second-order valence-corrected chi connectivity index (χ2v) is 4.82. The molecule has 0 saturated carbocycles. The predicted octanol–water partition coefficient (Wildman–Crippen LogP) is 2.78. The highest BCUT2D eigenvalue weighted by Crippen LogP contribution is 2.33. The highest BCUT2D eigenvalue weighted by molar-refractivity contribution is 5.14. The van der Waals surface area contributed by atoms with Gasteiger partial charge in [0.1, 0.15) is 6.23 Å². The zero-order chi connectivity index (χ0) is 13.2. The minimum Gasteiger partial charge on any atom is -0.378 e. The van der Waals surface area contributed by atoms with Crippen molar-refractivity contribution in [3.63, 3.8) is 0 Å². The zero-order valence-corrected chi connectivity index (χ0v) is 9.90. The Balaban J connectivity index is 1.91. The van der Waals surface area contributed by atoms with Crippen molar-refractivity contribution >= 4 is 0 Å². The maximum Gasteiger partial charge on any atom is 0.389 e. The van der Waals surface area contributed by atoms with Gasteiger partial charge in [0, 0.05) is 19.5 Å². The van der Waals surface area contributed by atoms with Gasteiger partial charge in [0.05, 0.1) is 0 Å². The van der Waals surface area contributed by atoms with Crippen LogP contribution in [-0.4, -0.2) is 29.0 Å². The summed E-state index contributed by atoms with van der Waals surface area (Å²) in [4.78, 5) is 1.70.